The summed E-state index contributed by atoms with van der Waals surface area (Å²) in [4.78, 5) is 26.1. The highest BCUT2D eigenvalue weighted by atomic mass is 32.1. The average Bonchev–Trinajstić information content (AvgIpc) is 3.08. The number of amides is 2. The standard InChI is InChI=1S/C20H19N3O2S/c1-20(2)14-9-11(7-8-15(14)22-19(20)25)17(24)23-18-13(10-21)12-5-3-4-6-16(12)26-18/h7-9H,3-6H2,1-2H3,(H,22,25)(H,23,24). The van der Waals surface area contributed by atoms with Crippen LogP contribution >= 0.6 is 11.3 Å². The average molecular weight is 365 g/mol. The van der Waals surface area contributed by atoms with Crippen LogP contribution in [0.3, 0.4) is 0 Å². The summed E-state index contributed by atoms with van der Waals surface area (Å²) in [6, 6.07) is 7.50. The van der Waals surface area contributed by atoms with Gasteiger partial charge in [0.25, 0.3) is 5.91 Å². The van der Waals surface area contributed by atoms with Crippen molar-refractivity contribution in [1.29, 1.82) is 5.26 Å². The van der Waals surface area contributed by atoms with Crippen molar-refractivity contribution in [3.05, 3.63) is 45.3 Å². The second-order valence-corrected chi connectivity index (χ2v) is 8.43. The lowest BCUT2D eigenvalue weighted by molar-refractivity contribution is -0.119. The Morgan fingerprint density at radius 1 is 1.31 bits per heavy atom. The molecule has 0 fully saturated rings. The van der Waals surface area contributed by atoms with E-state index in [1.165, 1.54) is 16.2 Å². The van der Waals surface area contributed by atoms with Crippen molar-refractivity contribution in [3.8, 4) is 6.07 Å². The molecule has 0 atom stereocenters. The number of anilines is 2. The molecular formula is C20H19N3O2S. The Labute approximate surface area is 156 Å². The molecular weight excluding hydrogens is 346 g/mol. The molecule has 4 rings (SSSR count). The molecule has 132 valence electrons. The van der Waals surface area contributed by atoms with Crippen LogP contribution in [0.4, 0.5) is 10.7 Å². The van der Waals surface area contributed by atoms with Gasteiger partial charge in [0.1, 0.15) is 11.1 Å². The number of hydrogen-bond donors (Lipinski definition) is 2. The highest BCUT2D eigenvalue weighted by Crippen LogP contribution is 2.39. The van der Waals surface area contributed by atoms with Crippen LogP contribution in [0.5, 0.6) is 0 Å². The maximum Gasteiger partial charge on any atom is 0.256 e. The van der Waals surface area contributed by atoms with Crippen LogP contribution in [-0.2, 0) is 23.1 Å². The van der Waals surface area contributed by atoms with E-state index in [9.17, 15) is 14.9 Å². The smallest absolute Gasteiger partial charge is 0.256 e. The fourth-order valence-electron chi connectivity index (χ4n) is 3.66. The largest absolute Gasteiger partial charge is 0.325 e. The fraction of sp³-hybridized carbons (Fsp3) is 0.350. The lowest BCUT2D eigenvalue weighted by Crippen LogP contribution is -2.27. The van der Waals surface area contributed by atoms with Crippen LogP contribution in [-0.4, -0.2) is 11.8 Å². The van der Waals surface area contributed by atoms with Crippen LogP contribution in [0, 0.1) is 11.3 Å². The van der Waals surface area contributed by atoms with Gasteiger partial charge in [0.15, 0.2) is 0 Å². The number of thiophene rings is 1. The van der Waals surface area contributed by atoms with Crippen molar-refractivity contribution >= 4 is 33.8 Å². The van der Waals surface area contributed by atoms with E-state index in [1.807, 2.05) is 13.8 Å². The van der Waals surface area contributed by atoms with Gasteiger partial charge in [-0.3, -0.25) is 9.59 Å². The van der Waals surface area contributed by atoms with Gasteiger partial charge in [0.05, 0.1) is 11.0 Å². The number of rotatable bonds is 2. The van der Waals surface area contributed by atoms with Gasteiger partial charge in [-0.2, -0.15) is 5.26 Å². The molecule has 1 aromatic heterocycles. The number of aryl methyl sites for hydroxylation is 1. The van der Waals surface area contributed by atoms with Gasteiger partial charge in [-0.15, -0.1) is 11.3 Å². The Morgan fingerprint density at radius 2 is 2.08 bits per heavy atom. The number of fused-ring (bicyclic) bond motifs is 2. The van der Waals surface area contributed by atoms with Gasteiger partial charge in [-0.25, -0.2) is 0 Å². The van der Waals surface area contributed by atoms with Gasteiger partial charge in [-0.05, 0) is 68.9 Å². The lowest BCUT2D eigenvalue weighted by atomic mass is 9.85. The number of carbonyl (C=O) groups is 2. The predicted molar refractivity (Wildman–Crippen MR) is 102 cm³/mol. The highest BCUT2D eigenvalue weighted by molar-refractivity contribution is 7.16. The molecule has 0 radical (unpaired) electrons. The Kier molecular flexibility index (Phi) is 3.85. The predicted octanol–water partition coefficient (Wildman–Crippen LogP) is 3.98. The number of nitrogens with zero attached hydrogens (tertiary/aromatic N) is 1. The van der Waals surface area contributed by atoms with Crippen LogP contribution in [0.1, 0.15) is 58.6 Å². The van der Waals surface area contributed by atoms with E-state index < -0.39 is 5.41 Å². The summed E-state index contributed by atoms with van der Waals surface area (Å²) in [6.07, 6.45) is 4.11. The molecule has 2 aliphatic rings. The Bertz CT molecular complexity index is 982. The molecule has 6 heteroatoms. The molecule has 2 N–H and O–H groups in total. The Morgan fingerprint density at radius 3 is 2.85 bits per heavy atom. The van der Waals surface area contributed by atoms with Crippen molar-refractivity contribution in [3.63, 3.8) is 0 Å². The van der Waals surface area contributed by atoms with Crippen molar-refractivity contribution in [2.75, 3.05) is 10.6 Å². The monoisotopic (exact) mass is 365 g/mol. The topological polar surface area (TPSA) is 82.0 Å². The molecule has 2 aromatic rings. The van der Waals surface area contributed by atoms with Gasteiger partial charge in [0, 0.05) is 16.1 Å². The minimum atomic E-state index is -0.661. The molecule has 5 nitrogen and oxygen atoms in total. The van der Waals surface area contributed by atoms with Crippen molar-refractivity contribution in [1.82, 2.24) is 0 Å². The summed E-state index contributed by atoms with van der Waals surface area (Å²) >= 11 is 1.51. The van der Waals surface area contributed by atoms with E-state index in [1.54, 1.807) is 18.2 Å². The SMILES string of the molecule is CC1(C)C(=O)Nc2ccc(C(=O)Nc3sc4c(c3C#N)CCCC4)cc21. The summed E-state index contributed by atoms with van der Waals surface area (Å²) in [5.41, 5.74) is 3.11. The fourth-order valence-corrected chi connectivity index (χ4v) is 4.89. The summed E-state index contributed by atoms with van der Waals surface area (Å²) in [7, 11) is 0. The molecule has 0 unspecified atom stereocenters. The van der Waals surface area contributed by atoms with Gasteiger partial charge in [0.2, 0.25) is 5.91 Å². The zero-order valence-electron chi connectivity index (χ0n) is 14.7. The first-order chi connectivity index (χ1) is 12.4. The number of benzene rings is 1. The number of hydrogen-bond acceptors (Lipinski definition) is 4. The third-order valence-corrected chi connectivity index (χ3v) is 6.49. The zero-order chi connectivity index (χ0) is 18.5. The van der Waals surface area contributed by atoms with Crippen LogP contribution in [0.2, 0.25) is 0 Å². The molecule has 2 amide bonds. The molecule has 0 bridgehead atoms. The Balaban J connectivity index is 1.65. The third-order valence-electron chi connectivity index (χ3n) is 5.28. The lowest BCUT2D eigenvalue weighted by Gasteiger charge is -2.15. The minimum absolute atomic E-state index is 0.0669. The van der Waals surface area contributed by atoms with Crippen LogP contribution < -0.4 is 10.6 Å². The summed E-state index contributed by atoms with van der Waals surface area (Å²) in [5.74, 6) is -0.319. The van der Waals surface area contributed by atoms with Crippen LogP contribution in [0.15, 0.2) is 18.2 Å². The molecule has 1 aromatic carbocycles. The third kappa shape index (κ3) is 2.51. The number of nitrogens with one attached hydrogen (secondary N) is 2. The summed E-state index contributed by atoms with van der Waals surface area (Å²) < 4.78 is 0. The second-order valence-electron chi connectivity index (χ2n) is 7.32. The van der Waals surface area contributed by atoms with E-state index >= 15 is 0 Å². The molecule has 0 saturated carbocycles. The van der Waals surface area contributed by atoms with Gasteiger partial charge < -0.3 is 10.6 Å². The molecule has 1 aliphatic carbocycles. The van der Waals surface area contributed by atoms with Crippen molar-refractivity contribution in [2.45, 2.75) is 44.9 Å². The first-order valence-corrected chi connectivity index (χ1v) is 9.55. The van der Waals surface area contributed by atoms with E-state index in [0.717, 1.165) is 42.5 Å². The molecule has 1 aliphatic heterocycles. The minimum Gasteiger partial charge on any atom is -0.325 e. The van der Waals surface area contributed by atoms with E-state index in [4.69, 9.17) is 0 Å². The van der Waals surface area contributed by atoms with E-state index in [2.05, 4.69) is 16.7 Å². The van der Waals surface area contributed by atoms with Crippen LogP contribution in [0.25, 0.3) is 0 Å². The zero-order valence-corrected chi connectivity index (χ0v) is 15.5. The summed E-state index contributed by atoms with van der Waals surface area (Å²) in [5, 5.41) is 15.9. The normalized spacial score (nSPS) is 17.0. The highest BCUT2D eigenvalue weighted by Gasteiger charge is 2.38. The van der Waals surface area contributed by atoms with Crippen molar-refractivity contribution in [2.24, 2.45) is 0 Å². The summed E-state index contributed by atoms with van der Waals surface area (Å²) in [6.45, 7) is 3.69. The molecule has 0 spiro atoms. The Hall–Kier alpha value is -2.65. The number of nitriles is 1. The molecule has 2 heterocycles. The quantitative estimate of drug-likeness (QED) is 0.844. The van der Waals surface area contributed by atoms with E-state index in [-0.39, 0.29) is 11.8 Å². The maximum atomic E-state index is 12.8. The maximum absolute atomic E-state index is 12.8. The van der Waals surface area contributed by atoms with Gasteiger partial charge >= 0.3 is 0 Å². The second kappa shape index (κ2) is 5.96. The first-order valence-electron chi connectivity index (χ1n) is 8.74. The number of carbonyl (C=O) groups excluding carboxylic acids is 2. The van der Waals surface area contributed by atoms with Gasteiger partial charge in [-0.1, -0.05) is 0 Å². The van der Waals surface area contributed by atoms with Crippen molar-refractivity contribution < 1.29 is 9.59 Å². The molecule has 0 saturated heterocycles. The molecule has 26 heavy (non-hydrogen) atoms. The first kappa shape index (κ1) is 16.8. The van der Waals surface area contributed by atoms with E-state index in [0.29, 0.717) is 16.1 Å².